The molecule has 2 rings (SSSR count). The van der Waals surface area contributed by atoms with Crippen LogP contribution in [0.25, 0.3) is 0 Å². The number of aliphatic hydroxyl groups is 4. The van der Waals surface area contributed by atoms with Crippen LogP contribution in [0.2, 0.25) is 0 Å². The van der Waals surface area contributed by atoms with E-state index in [4.69, 9.17) is 16.9 Å². The van der Waals surface area contributed by atoms with Crippen LogP contribution in [0.5, 0.6) is 0 Å². The molecule has 0 aromatic carbocycles. The zero-order valence-electron chi connectivity index (χ0n) is 10.1. The van der Waals surface area contributed by atoms with E-state index >= 15 is 0 Å². The number of hydrogen-bond donors (Lipinski definition) is 5. The Hall–Kier alpha value is -1.96. The Kier molecular flexibility index (Phi) is 3.51. The van der Waals surface area contributed by atoms with Crippen molar-refractivity contribution < 1.29 is 30.0 Å². The first kappa shape index (κ1) is 14.4. The number of imidazole rings is 1. The van der Waals surface area contributed by atoms with Crippen molar-refractivity contribution in [2.24, 2.45) is 5.73 Å². The Labute approximate surface area is 113 Å². The molecule has 1 amide bonds. The smallest absolute Gasteiger partial charge is 0.284 e. The number of terminal acetylenes is 1. The Balaban J connectivity index is 2.34. The molecule has 0 spiro atoms. The minimum Gasteiger partial charge on any atom is -0.387 e. The van der Waals surface area contributed by atoms with Crippen molar-refractivity contribution in [3.63, 3.8) is 0 Å². The van der Waals surface area contributed by atoms with Gasteiger partial charge in [-0.2, -0.15) is 0 Å². The van der Waals surface area contributed by atoms with E-state index in [1.165, 1.54) is 0 Å². The molecule has 0 radical (unpaired) electrons. The van der Waals surface area contributed by atoms with Crippen molar-refractivity contribution in [3.8, 4) is 12.3 Å². The van der Waals surface area contributed by atoms with Gasteiger partial charge in [-0.05, 0) is 0 Å². The van der Waals surface area contributed by atoms with E-state index in [0.717, 1.165) is 17.1 Å². The molecule has 2 heterocycles. The third-order valence-electron chi connectivity index (χ3n) is 3.04. The van der Waals surface area contributed by atoms with Gasteiger partial charge >= 0.3 is 0 Å². The molecule has 6 N–H and O–H groups in total. The lowest BCUT2D eigenvalue weighted by atomic mass is 10.1. The highest BCUT2D eigenvalue weighted by molar-refractivity contribution is 5.90. The topological polar surface area (TPSA) is 151 Å². The van der Waals surface area contributed by atoms with E-state index in [1.807, 2.05) is 5.92 Å². The third kappa shape index (κ3) is 2.05. The van der Waals surface area contributed by atoms with Crippen LogP contribution in [-0.2, 0) is 10.6 Å². The van der Waals surface area contributed by atoms with Crippen LogP contribution in [0.1, 0.15) is 10.5 Å². The molecule has 1 aliphatic heterocycles. The summed E-state index contributed by atoms with van der Waals surface area (Å²) in [5.41, 5.74) is 4.84. The maximum atomic E-state index is 10.9. The van der Waals surface area contributed by atoms with Crippen LogP contribution >= 0.6 is 0 Å². The molecule has 1 aromatic heterocycles. The summed E-state index contributed by atoms with van der Waals surface area (Å²) in [5.74, 6) is -1.35. The van der Waals surface area contributed by atoms with Crippen molar-refractivity contribution in [3.05, 3.63) is 18.2 Å². The van der Waals surface area contributed by atoms with Gasteiger partial charge in [-0.25, -0.2) is 4.98 Å². The Morgan fingerprint density at radius 1 is 1.65 bits per heavy atom. The number of carbonyl (C=O) groups excluding carboxylic acids is 1. The zero-order chi connectivity index (χ0) is 15.1. The first-order valence-corrected chi connectivity index (χ1v) is 5.56. The predicted molar refractivity (Wildman–Crippen MR) is 62.7 cm³/mol. The minimum atomic E-state index is -2.43. The highest BCUT2D eigenvalue weighted by Gasteiger charge is 2.56. The number of primary amides is 1. The molecule has 0 aliphatic carbocycles. The number of nitrogens with zero attached hydrogens (tertiary/aromatic N) is 2. The lowest BCUT2D eigenvalue weighted by molar-refractivity contribution is -0.291. The second-order valence-corrected chi connectivity index (χ2v) is 4.32. The molecule has 1 fully saturated rings. The maximum absolute atomic E-state index is 10.9. The van der Waals surface area contributed by atoms with E-state index in [9.17, 15) is 25.2 Å². The lowest BCUT2D eigenvalue weighted by Crippen LogP contribution is -2.45. The van der Waals surface area contributed by atoms with Crippen molar-refractivity contribution in [1.29, 1.82) is 0 Å². The highest BCUT2D eigenvalue weighted by atomic mass is 16.7. The molecule has 1 aliphatic rings. The van der Waals surface area contributed by atoms with Gasteiger partial charge in [-0.1, -0.05) is 5.92 Å². The van der Waals surface area contributed by atoms with Gasteiger partial charge in [-0.3, -0.25) is 9.36 Å². The van der Waals surface area contributed by atoms with Crippen molar-refractivity contribution >= 4 is 5.91 Å². The van der Waals surface area contributed by atoms with Gasteiger partial charge in [0.2, 0.25) is 0 Å². The summed E-state index contributed by atoms with van der Waals surface area (Å²) < 4.78 is 5.89. The fraction of sp³-hybridized carbons (Fsp3) is 0.455. The van der Waals surface area contributed by atoms with Crippen LogP contribution in [-0.4, -0.2) is 60.3 Å². The van der Waals surface area contributed by atoms with E-state index in [0.29, 0.717) is 0 Å². The molecule has 1 saturated heterocycles. The number of ether oxygens (including phenoxy) is 1. The molecule has 0 saturated carbocycles. The van der Waals surface area contributed by atoms with E-state index in [-0.39, 0.29) is 5.69 Å². The standard InChI is InChI=1S/C11H13N3O6/c1-2-6(15)8-7(16)9(17)11(19,20-8)14-3-5(10(12)18)13-4-14/h1,3-4,6-9,15-17,19H,(H2,12,18)/t6?,7-,8-,9-,11-/m1/s1. The molecule has 1 unspecified atom stereocenters. The monoisotopic (exact) mass is 283 g/mol. The summed E-state index contributed by atoms with van der Waals surface area (Å²) in [5, 5.41) is 39.4. The van der Waals surface area contributed by atoms with Crippen LogP contribution in [0.15, 0.2) is 12.5 Å². The minimum absolute atomic E-state index is 0.176. The SMILES string of the molecule is C#CC(O)[C@H]1O[C@@](O)(n2cnc(C(N)=O)c2)[C@H](O)[C@@H]1O. The lowest BCUT2D eigenvalue weighted by Gasteiger charge is -2.26. The van der Waals surface area contributed by atoms with Gasteiger partial charge in [0.25, 0.3) is 11.8 Å². The van der Waals surface area contributed by atoms with E-state index < -0.39 is 36.2 Å². The molecule has 20 heavy (non-hydrogen) atoms. The van der Waals surface area contributed by atoms with Crippen molar-refractivity contribution in [2.75, 3.05) is 0 Å². The van der Waals surface area contributed by atoms with Crippen LogP contribution < -0.4 is 5.73 Å². The fourth-order valence-electron chi connectivity index (χ4n) is 1.93. The van der Waals surface area contributed by atoms with Crippen LogP contribution in [0.3, 0.4) is 0 Å². The summed E-state index contributed by atoms with van der Waals surface area (Å²) in [6.07, 6.45) is 0.627. The van der Waals surface area contributed by atoms with Crippen LogP contribution in [0.4, 0.5) is 0 Å². The Bertz CT molecular complexity index is 567. The average molecular weight is 283 g/mol. The molecule has 5 atom stereocenters. The van der Waals surface area contributed by atoms with Gasteiger partial charge in [0.1, 0.15) is 24.0 Å². The van der Waals surface area contributed by atoms with Gasteiger partial charge in [0, 0.05) is 6.20 Å². The summed E-state index contributed by atoms with van der Waals surface area (Å²) in [6.45, 7) is 0. The molecular weight excluding hydrogens is 270 g/mol. The third-order valence-corrected chi connectivity index (χ3v) is 3.04. The second kappa shape index (κ2) is 4.86. The molecule has 1 aromatic rings. The van der Waals surface area contributed by atoms with Crippen molar-refractivity contribution in [1.82, 2.24) is 9.55 Å². The number of aliphatic hydroxyl groups excluding tert-OH is 3. The number of aromatic nitrogens is 2. The molecule has 9 heteroatoms. The number of carbonyl (C=O) groups is 1. The quantitative estimate of drug-likeness (QED) is 0.364. The summed E-state index contributed by atoms with van der Waals surface area (Å²) in [4.78, 5) is 14.6. The molecule has 9 nitrogen and oxygen atoms in total. The molecular formula is C11H13N3O6. The van der Waals surface area contributed by atoms with Crippen molar-refractivity contribution in [2.45, 2.75) is 30.3 Å². The van der Waals surface area contributed by atoms with E-state index in [1.54, 1.807) is 0 Å². The number of hydrogen-bond acceptors (Lipinski definition) is 7. The number of amides is 1. The van der Waals surface area contributed by atoms with E-state index in [2.05, 4.69) is 4.98 Å². The summed E-state index contributed by atoms with van der Waals surface area (Å²) in [7, 11) is 0. The van der Waals surface area contributed by atoms with Crippen LogP contribution in [0, 0.1) is 12.3 Å². The van der Waals surface area contributed by atoms with Gasteiger partial charge in [0.15, 0.2) is 6.10 Å². The molecule has 108 valence electrons. The zero-order valence-corrected chi connectivity index (χ0v) is 10.1. The second-order valence-electron chi connectivity index (χ2n) is 4.32. The average Bonchev–Trinajstić information content (AvgIpc) is 2.99. The highest BCUT2D eigenvalue weighted by Crippen LogP contribution is 2.34. The van der Waals surface area contributed by atoms with Gasteiger partial charge in [-0.15, -0.1) is 6.42 Å². The van der Waals surface area contributed by atoms with Gasteiger partial charge < -0.3 is 30.9 Å². The summed E-state index contributed by atoms with van der Waals surface area (Å²) in [6, 6.07) is 0. The first-order valence-electron chi connectivity index (χ1n) is 5.56. The normalized spacial score (nSPS) is 34.6. The predicted octanol–water partition coefficient (Wildman–Crippen LogP) is -3.30. The van der Waals surface area contributed by atoms with Gasteiger partial charge in [0.05, 0.1) is 6.33 Å². The maximum Gasteiger partial charge on any atom is 0.284 e. The number of rotatable bonds is 3. The Morgan fingerprint density at radius 2 is 2.30 bits per heavy atom. The first-order chi connectivity index (χ1) is 9.31. The number of nitrogens with two attached hydrogens (primary N) is 1. The summed E-state index contributed by atoms with van der Waals surface area (Å²) >= 11 is 0. The Morgan fingerprint density at radius 3 is 2.80 bits per heavy atom. The fourth-order valence-corrected chi connectivity index (χ4v) is 1.93. The largest absolute Gasteiger partial charge is 0.387 e. The molecule has 0 bridgehead atoms.